The lowest BCUT2D eigenvalue weighted by Crippen LogP contribution is -2.44. The van der Waals surface area contributed by atoms with Crippen LogP contribution >= 0.6 is 0 Å². The van der Waals surface area contributed by atoms with Crippen LogP contribution in [0.5, 0.6) is 11.6 Å². The largest absolute Gasteiger partial charge is 0.439 e. The minimum absolute atomic E-state index is 0.157. The van der Waals surface area contributed by atoms with E-state index in [0.29, 0.717) is 24.8 Å². The van der Waals surface area contributed by atoms with E-state index in [1.807, 2.05) is 25.1 Å². The molecule has 2 aromatic rings. The van der Waals surface area contributed by atoms with Crippen molar-refractivity contribution >= 4 is 11.6 Å². The van der Waals surface area contributed by atoms with Crippen molar-refractivity contribution in [2.75, 3.05) is 18.5 Å². The maximum absolute atomic E-state index is 12.3. The number of aromatic nitrogens is 1. The average molecular weight is 355 g/mol. The third kappa shape index (κ3) is 4.59. The first-order chi connectivity index (χ1) is 12.5. The van der Waals surface area contributed by atoms with E-state index in [-0.39, 0.29) is 11.8 Å². The summed E-state index contributed by atoms with van der Waals surface area (Å²) in [5, 5.41) is 2.82. The van der Waals surface area contributed by atoms with E-state index in [1.165, 1.54) is 5.56 Å². The summed E-state index contributed by atoms with van der Waals surface area (Å²) in [4.78, 5) is 16.6. The van der Waals surface area contributed by atoms with E-state index >= 15 is 0 Å². The van der Waals surface area contributed by atoms with Crippen molar-refractivity contribution in [2.24, 2.45) is 11.7 Å². The number of anilines is 1. The Kier molecular flexibility index (Phi) is 5.85. The molecule has 1 unspecified atom stereocenters. The van der Waals surface area contributed by atoms with Gasteiger partial charge in [0.2, 0.25) is 11.8 Å². The molecule has 6 heteroatoms. The molecule has 1 aromatic heterocycles. The van der Waals surface area contributed by atoms with E-state index in [0.717, 1.165) is 24.2 Å². The number of rotatable bonds is 5. The Morgan fingerprint density at radius 1 is 1.23 bits per heavy atom. The molecule has 0 saturated carbocycles. The molecule has 6 nitrogen and oxygen atoms in total. The van der Waals surface area contributed by atoms with E-state index in [4.69, 9.17) is 15.2 Å². The second kappa shape index (κ2) is 8.29. The van der Waals surface area contributed by atoms with Gasteiger partial charge in [0.05, 0.1) is 17.9 Å². The van der Waals surface area contributed by atoms with Crippen LogP contribution in [0.4, 0.5) is 5.69 Å². The molecule has 2 heterocycles. The van der Waals surface area contributed by atoms with Gasteiger partial charge in [-0.15, -0.1) is 0 Å². The highest BCUT2D eigenvalue weighted by Gasteiger charge is 2.26. The van der Waals surface area contributed by atoms with Crippen LogP contribution < -0.4 is 15.8 Å². The quantitative estimate of drug-likeness (QED) is 0.860. The second-order valence-electron chi connectivity index (χ2n) is 6.70. The number of aryl methyl sites for hydroxylation is 2. The van der Waals surface area contributed by atoms with Gasteiger partial charge in [-0.3, -0.25) is 4.79 Å². The van der Waals surface area contributed by atoms with Crippen LogP contribution in [0, 0.1) is 19.8 Å². The lowest BCUT2D eigenvalue weighted by atomic mass is 9.92. The van der Waals surface area contributed by atoms with E-state index < -0.39 is 6.04 Å². The zero-order chi connectivity index (χ0) is 18.5. The van der Waals surface area contributed by atoms with Crippen molar-refractivity contribution in [3.63, 3.8) is 0 Å². The Bertz CT molecular complexity index is 755. The van der Waals surface area contributed by atoms with Crippen molar-refractivity contribution in [3.05, 3.63) is 47.7 Å². The number of nitrogens with two attached hydrogens (primary N) is 1. The summed E-state index contributed by atoms with van der Waals surface area (Å²) in [6, 6.07) is 8.84. The highest BCUT2D eigenvalue weighted by molar-refractivity contribution is 5.94. The monoisotopic (exact) mass is 355 g/mol. The van der Waals surface area contributed by atoms with Crippen LogP contribution in [-0.4, -0.2) is 30.1 Å². The number of pyridine rings is 1. The highest BCUT2D eigenvalue weighted by atomic mass is 16.5. The minimum atomic E-state index is -0.537. The fourth-order valence-corrected chi connectivity index (χ4v) is 2.93. The maximum atomic E-state index is 12.3. The Balaban J connectivity index is 1.58. The summed E-state index contributed by atoms with van der Waals surface area (Å²) in [7, 11) is 0. The predicted molar refractivity (Wildman–Crippen MR) is 100 cm³/mol. The molecule has 1 aliphatic rings. The molecule has 0 radical (unpaired) electrons. The SMILES string of the molecule is Cc1ccc(Oc2ccc(NC(=O)C(N)C3CCOCC3)cn2)cc1C. The number of nitrogens with one attached hydrogen (secondary N) is 1. The maximum Gasteiger partial charge on any atom is 0.241 e. The van der Waals surface area contributed by atoms with Crippen molar-refractivity contribution < 1.29 is 14.3 Å². The molecule has 0 bridgehead atoms. The molecule has 1 aromatic carbocycles. The van der Waals surface area contributed by atoms with Crippen LogP contribution in [0.15, 0.2) is 36.5 Å². The van der Waals surface area contributed by atoms with E-state index in [1.54, 1.807) is 18.3 Å². The highest BCUT2D eigenvalue weighted by Crippen LogP contribution is 2.23. The van der Waals surface area contributed by atoms with Crippen LogP contribution in [0.1, 0.15) is 24.0 Å². The van der Waals surface area contributed by atoms with Crippen LogP contribution in [-0.2, 0) is 9.53 Å². The fourth-order valence-electron chi connectivity index (χ4n) is 2.93. The third-order valence-electron chi connectivity index (χ3n) is 4.78. The average Bonchev–Trinajstić information content (AvgIpc) is 2.66. The van der Waals surface area contributed by atoms with Gasteiger partial charge in [-0.2, -0.15) is 0 Å². The van der Waals surface area contributed by atoms with Crippen molar-refractivity contribution in [2.45, 2.75) is 32.7 Å². The number of amides is 1. The van der Waals surface area contributed by atoms with Gasteiger partial charge in [-0.05, 0) is 61.9 Å². The Labute approximate surface area is 153 Å². The standard InChI is InChI=1S/C20H25N3O3/c1-13-3-5-17(11-14(13)2)26-18-6-4-16(12-22-18)23-20(24)19(21)15-7-9-25-10-8-15/h3-6,11-12,15,19H,7-10,21H2,1-2H3,(H,23,24). The van der Waals surface area contributed by atoms with Gasteiger partial charge in [-0.1, -0.05) is 6.07 Å². The van der Waals surface area contributed by atoms with Gasteiger partial charge in [-0.25, -0.2) is 4.98 Å². The van der Waals surface area contributed by atoms with Crippen LogP contribution in [0.25, 0.3) is 0 Å². The topological polar surface area (TPSA) is 86.5 Å². The lowest BCUT2D eigenvalue weighted by molar-refractivity contribution is -0.119. The minimum Gasteiger partial charge on any atom is -0.439 e. The van der Waals surface area contributed by atoms with Crippen LogP contribution in [0.3, 0.4) is 0 Å². The number of hydrogen-bond acceptors (Lipinski definition) is 5. The summed E-state index contributed by atoms with van der Waals surface area (Å²) in [6.45, 7) is 5.42. The number of ether oxygens (including phenoxy) is 2. The van der Waals surface area contributed by atoms with Gasteiger partial charge in [0.25, 0.3) is 0 Å². The zero-order valence-electron chi connectivity index (χ0n) is 15.2. The molecule has 1 atom stereocenters. The van der Waals surface area contributed by atoms with Gasteiger partial charge in [0.15, 0.2) is 0 Å². The van der Waals surface area contributed by atoms with Crippen molar-refractivity contribution in [1.29, 1.82) is 0 Å². The third-order valence-corrected chi connectivity index (χ3v) is 4.78. The number of benzene rings is 1. The molecular weight excluding hydrogens is 330 g/mol. The number of carbonyl (C=O) groups excluding carboxylic acids is 1. The summed E-state index contributed by atoms with van der Waals surface area (Å²) in [5.41, 5.74) is 9.06. The molecule has 3 rings (SSSR count). The molecule has 26 heavy (non-hydrogen) atoms. The number of nitrogens with zero attached hydrogens (tertiary/aromatic N) is 1. The van der Waals surface area contributed by atoms with E-state index in [9.17, 15) is 4.79 Å². The summed E-state index contributed by atoms with van der Waals surface area (Å²) in [5.74, 6) is 1.17. The first-order valence-electron chi connectivity index (χ1n) is 8.88. The normalized spacial score (nSPS) is 16.1. The smallest absolute Gasteiger partial charge is 0.241 e. The first-order valence-corrected chi connectivity index (χ1v) is 8.88. The molecule has 0 aliphatic carbocycles. The van der Waals surface area contributed by atoms with Crippen LogP contribution in [0.2, 0.25) is 0 Å². The van der Waals surface area contributed by atoms with Gasteiger partial charge in [0.1, 0.15) is 5.75 Å². The number of carbonyl (C=O) groups is 1. The number of hydrogen-bond donors (Lipinski definition) is 2. The van der Waals surface area contributed by atoms with Crippen molar-refractivity contribution in [3.8, 4) is 11.6 Å². The second-order valence-corrected chi connectivity index (χ2v) is 6.70. The Hall–Kier alpha value is -2.44. The van der Waals surface area contributed by atoms with E-state index in [2.05, 4.69) is 17.2 Å². The fraction of sp³-hybridized carbons (Fsp3) is 0.400. The molecule has 3 N–H and O–H groups in total. The Morgan fingerprint density at radius 2 is 2.00 bits per heavy atom. The van der Waals surface area contributed by atoms with Gasteiger partial charge >= 0.3 is 0 Å². The predicted octanol–water partition coefficient (Wildman–Crippen LogP) is 3.18. The lowest BCUT2D eigenvalue weighted by Gasteiger charge is -2.26. The summed E-state index contributed by atoms with van der Waals surface area (Å²) in [6.07, 6.45) is 3.20. The van der Waals surface area contributed by atoms with Crippen molar-refractivity contribution in [1.82, 2.24) is 4.98 Å². The first kappa shape index (κ1) is 18.4. The molecule has 1 saturated heterocycles. The molecule has 1 amide bonds. The summed E-state index contributed by atoms with van der Waals surface area (Å²) >= 11 is 0. The zero-order valence-corrected chi connectivity index (χ0v) is 15.2. The van der Waals surface area contributed by atoms with Gasteiger partial charge < -0.3 is 20.5 Å². The molecule has 1 fully saturated rings. The molecule has 0 spiro atoms. The van der Waals surface area contributed by atoms with Gasteiger partial charge in [0, 0.05) is 19.3 Å². The summed E-state index contributed by atoms with van der Waals surface area (Å²) < 4.78 is 11.1. The molecule has 138 valence electrons. The Morgan fingerprint density at radius 3 is 2.65 bits per heavy atom. The molecule has 1 aliphatic heterocycles. The molecular formula is C20H25N3O3.